The number of aromatic nitrogens is 2. The van der Waals surface area contributed by atoms with Gasteiger partial charge in [0.05, 0.1) is 29.7 Å². The van der Waals surface area contributed by atoms with Crippen LogP contribution < -0.4 is 5.32 Å². The monoisotopic (exact) mass is 241 g/mol. The average Bonchev–Trinajstić information content (AvgIpc) is 2.77. The van der Waals surface area contributed by atoms with E-state index >= 15 is 0 Å². The molecule has 1 aromatic heterocycles. The molecule has 0 aliphatic carbocycles. The molecule has 0 bridgehead atoms. The van der Waals surface area contributed by atoms with Crippen LogP contribution in [-0.4, -0.2) is 15.3 Å². The Hall–Kier alpha value is -0.480. The third-order valence-corrected chi connectivity index (χ3v) is 3.29. The molecule has 2 atom stereocenters. The number of nitrogens with one attached hydrogen (secondary N) is 1. The zero-order valence-electron chi connectivity index (χ0n) is 10.6. The van der Waals surface area contributed by atoms with Crippen molar-refractivity contribution in [2.45, 2.75) is 52.5 Å². The van der Waals surface area contributed by atoms with Gasteiger partial charge in [-0.05, 0) is 25.3 Å². The molecule has 2 unspecified atom stereocenters. The summed E-state index contributed by atoms with van der Waals surface area (Å²) in [6.45, 7) is 7.82. The Bertz CT molecular complexity index is 261. The molecule has 1 rings (SSSR count). The Morgan fingerprint density at radius 1 is 1.38 bits per heavy atom. The molecule has 0 radical (unpaired) electrons. The third-order valence-electron chi connectivity index (χ3n) is 2.80. The first-order valence-electron chi connectivity index (χ1n) is 6.28. The fraction of sp³-hybridized carbons (Fsp3) is 0.833. The van der Waals surface area contributed by atoms with Crippen molar-refractivity contribution in [2.75, 3.05) is 6.54 Å². The summed E-state index contributed by atoms with van der Waals surface area (Å²) in [5, 5.41) is 3.57. The fourth-order valence-electron chi connectivity index (χ4n) is 1.97. The lowest BCUT2D eigenvalue weighted by Gasteiger charge is -2.20. The summed E-state index contributed by atoms with van der Waals surface area (Å²) >= 11 is 1.30. The van der Waals surface area contributed by atoms with Crippen molar-refractivity contribution in [3.05, 3.63) is 11.9 Å². The summed E-state index contributed by atoms with van der Waals surface area (Å²) in [7, 11) is 0. The number of hydrogen-bond acceptors (Lipinski definition) is 4. The fourth-order valence-corrected chi connectivity index (χ4v) is 2.44. The maximum atomic E-state index is 4.35. The van der Waals surface area contributed by atoms with E-state index in [1.165, 1.54) is 31.0 Å². The standard InChI is InChI=1S/C12H23N3S/c1-4-6-10(3)8-11(13-7-5-2)12-9-14-16-15-12/h9-11,13H,4-8H2,1-3H3. The van der Waals surface area contributed by atoms with Crippen LogP contribution in [0.1, 0.15) is 58.2 Å². The Balaban J connectivity index is 2.50. The minimum Gasteiger partial charge on any atom is -0.309 e. The van der Waals surface area contributed by atoms with Crippen molar-refractivity contribution < 1.29 is 0 Å². The Kier molecular flexibility index (Phi) is 6.57. The maximum absolute atomic E-state index is 4.35. The average molecular weight is 241 g/mol. The van der Waals surface area contributed by atoms with Gasteiger partial charge in [-0.15, -0.1) is 0 Å². The van der Waals surface area contributed by atoms with Crippen molar-refractivity contribution in [1.29, 1.82) is 0 Å². The Morgan fingerprint density at radius 2 is 2.19 bits per heavy atom. The molecule has 92 valence electrons. The normalized spacial score (nSPS) is 14.9. The molecule has 16 heavy (non-hydrogen) atoms. The highest BCUT2D eigenvalue weighted by Gasteiger charge is 2.16. The summed E-state index contributed by atoms with van der Waals surface area (Å²) in [5.74, 6) is 0.751. The van der Waals surface area contributed by atoms with E-state index in [-0.39, 0.29) is 0 Å². The van der Waals surface area contributed by atoms with Crippen LogP contribution in [0.5, 0.6) is 0 Å². The van der Waals surface area contributed by atoms with Crippen LogP contribution in [0.2, 0.25) is 0 Å². The third kappa shape index (κ3) is 4.58. The van der Waals surface area contributed by atoms with Gasteiger partial charge in [0, 0.05) is 0 Å². The Labute approximate surface area is 103 Å². The van der Waals surface area contributed by atoms with Crippen LogP contribution in [-0.2, 0) is 0 Å². The molecule has 0 spiro atoms. The molecule has 0 fully saturated rings. The van der Waals surface area contributed by atoms with Crippen molar-refractivity contribution >= 4 is 11.7 Å². The second-order valence-electron chi connectivity index (χ2n) is 4.47. The van der Waals surface area contributed by atoms with E-state index in [1.54, 1.807) is 0 Å². The molecule has 0 aliphatic heterocycles. The molecule has 0 aromatic carbocycles. The zero-order valence-corrected chi connectivity index (χ0v) is 11.4. The summed E-state index contributed by atoms with van der Waals surface area (Å²) in [6, 6.07) is 0.389. The molecule has 0 saturated carbocycles. The van der Waals surface area contributed by atoms with Crippen LogP contribution in [0.4, 0.5) is 0 Å². The van der Waals surface area contributed by atoms with Crippen LogP contribution in [0.15, 0.2) is 6.20 Å². The van der Waals surface area contributed by atoms with Gasteiger partial charge in [-0.3, -0.25) is 0 Å². The zero-order chi connectivity index (χ0) is 11.8. The lowest BCUT2D eigenvalue weighted by Crippen LogP contribution is -2.24. The van der Waals surface area contributed by atoms with Gasteiger partial charge in [-0.2, -0.15) is 8.75 Å². The van der Waals surface area contributed by atoms with Gasteiger partial charge < -0.3 is 5.32 Å². The van der Waals surface area contributed by atoms with E-state index in [2.05, 4.69) is 34.8 Å². The van der Waals surface area contributed by atoms with Gasteiger partial charge in [0.2, 0.25) is 0 Å². The Morgan fingerprint density at radius 3 is 2.75 bits per heavy atom. The first kappa shape index (κ1) is 13.6. The van der Waals surface area contributed by atoms with E-state index in [1.807, 2.05) is 6.20 Å². The molecular weight excluding hydrogens is 218 g/mol. The van der Waals surface area contributed by atoms with Crippen LogP contribution in [0, 0.1) is 5.92 Å². The number of hydrogen-bond donors (Lipinski definition) is 1. The quantitative estimate of drug-likeness (QED) is 0.758. The molecule has 1 aromatic rings. The van der Waals surface area contributed by atoms with Crippen molar-refractivity contribution in [3.8, 4) is 0 Å². The highest BCUT2D eigenvalue weighted by atomic mass is 32.1. The van der Waals surface area contributed by atoms with E-state index < -0.39 is 0 Å². The molecule has 0 saturated heterocycles. The van der Waals surface area contributed by atoms with Crippen molar-refractivity contribution in [2.24, 2.45) is 5.92 Å². The second-order valence-corrected chi connectivity index (χ2v) is 5.03. The molecule has 1 heterocycles. The SMILES string of the molecule is CCCNC(CC(C)CCC)c1cnsn1. The summed E-state index contributed by atoms with van der Waals surface area (Å²) in [6.07, 6.45) is 6.78. The molecule has 0 aliphatic rings. The van der Waals surface area contributed by atoms with Gasteiger partial charge in [0.1, 0.15) is 0 Å². The van der Waals surface area contributed by atoms with Crippen LogP contribution >= 0.6 is 11.7 Å². The minimum absolute atomic E-state index is 0.389. The van der Waals surface area contributed by atoms with E-state index in [9.17, 15) is 0 Å². The predicted octanol–water partition coefficient (Wildman–Crippen LogP) is 3.41. The lowest BCUT2D eigenvalue weighted by molar-refractivity contribution is 0.386. The number of rotatable bonds is 8. The van der Waals surface area contributed by atoms with Gasteiger partial charge in [0.25, 0.3) is 0 Å². The summed E-state index contributed by atoms with van der Waals surface area (Å²) in [4.78, 5) is 0. The molecular formula is C12H23N3S. The smallest absolute Gasteiger partial charge is 0.0912 e. The van der Waals surface area contributed by atoms with Crippen molar-refractivity contribution in [3.63, 3.8) is 0 Å². The number of nitrogens with zero attached hydrogens (tertiary/aromatic N) is 2. The maximum Gasteiger partial charge on any atom is 0.0912 e. The molecule has 1 N–H and O–H groups in total. The van der Waals surface area contributed by atoms with E-state index in [4.69, 9.17) is 0 Å². The molecule has 0 amide bonds. The van der Waals surface area contributed by atoms with E-state index in [0.29, 0.717) is 6.04 Å². The largest absolute Gasteiger partial charge is 0.309 e. The van der Waals surface area contributed by atoms with Gasteiger partial charge >= 0.3 is 0 Å². The first-order chi connectivity index (χ1) is 7.77. The minimum atomic E-state index is 0.389. The predicted molar refractivity (Wildman–Crippen MR) is 69.6 cm³/mol. The summed E-state index contributed by atoms with van der Waals surface area (Å²) < 4.78 is 8.45. The van der Waals surface area contributed by atoms with Gasteiger partial charge in [0.15, 0.2) is 0 Å². The molecule has 3 nitrogen and oxygen atoms in total. The van der Waals surface area contributed by atoms with Crippen LogP contribution in [0.3, 0.4) is 0 Å². The lowest BCUT2D eigenvalue weighted by atomic mass is 9.96. The first-order valence-corrected chi connectivity index (χ1v) is 7.01. The van der Waals surface area contributed by atoms with Gasteiger partial charge in [-0.25, -0.2) is 0 Å². The van der Waals surface area contributed by atoms with E-state index in [0.717, 1.165) is 24.6 Å². The highest BCUT2D eigenvalue weighted by Crippen LogP contribution is 2.22. The van der Waals surface area contributed by atoms with Crippen LogP contribution in [0.25, 0.3) is 0 Å². The molecule has 4 heteroatoms. The topological polar surface area (TPSA) is 37.8 Å². The van der Waals surface area contributed by atoms with Crippen molar-refractivity contribution in [1.82, 2.24) is 14.1 Å². The highest BCUT2D eigenvalue weighted by molar-refractivity contribution is 6.99. The van der Waals surface area contributed by atoms with Gasteiger partial charge in [-0.1, -0.05) is 33.6 Å². The summed E-state index contributed by atoms with van der Waals surface area (Å²) in [5.41, 5.74) is 1.11. The second kappa shape index (κ2) is 7.74.